The lowest BCUT2D eigenvalue weighted by Crippen LogP contribution is -2.28. The van der Waals surface area contributed by atoms with Crippen LogP contribution in [0.15, 0.2) is 17.6 Å². The fourth-order valence-corrected chi connectivity index (χ4v) is 3.29. The summed E-state index contributed by atoms with van der Waals surface area (Å²) in [5.74, 6) is 0.346. The molecule has 19 heavy (non-hydrogen) atoms. The van der Waals surface area contributed by atoms with Crippen molar-refractivity contribution in [3.63, 3.8) is 0 Å². The molecule has 1 fully saturated rings. The Balaban J connectivity index is 1.90. The zero-order valence-electron chi connectivity index (χ0n) is 10.4. The van der Waals surface area contributed by atoms with Crippen molar-refractivity contribution in [2.45, 2.75) is 6.92 Å². The number of halogens is 1. The molecule has 1 amide bonds. The summed E-state index contributed by atoms with van der Waals surface area (Å²) in [5.41, 5.74) is 3.16. The molecule has 2 aromatic rings. The Morgan fingerprint density at radius 1 is 1.53 bits per heavy atom. The van der Waals surface area contributed by atoms with Gasteiger partial charge in [-0.25, -0.2) is 4.98 Å². The minimum Gasteiger partial charge on any atom is -0.323 e. The molecule has 0 aliphatic carbocycles. The third-order valence-corrected chi connectivity index (χ3v) is 4.66. The summed E-state index contributed by atoms with van der Waals surface area (Å²) in [6.45, 7) is 3.68. The molecule has 2 N–H and O–H groups in total. The molecule has 100 valence electrons. The van der Waals surface area contributed by atoms with Crippen LogP contribution >= 0.6 is 22.9 Å². The van der Waals surface area contributed by atoms with Gasteiger partial charge >= 0.3 is 0 Å². The lowest BCUT2D eigenvalue weighted by molar-refractivity contribution is -0.120. The van der Waals surface area contributed by atoms with Gasteiger partial charge in [-0.2, -0.15) is 0 Å². The maximum atomic E-state index is 12.3. The van der Waals surface area contributed by atoms with Gasteiger partial charge in [-0.05, 0) is 24.6 Å². The maximum Gasteiger partial charge on any atom is 0.229 e. The highest BCUT2D eigenvalue weighted by Crippen LogP contribution is 2.33. The number of carbonyl (C=O) groups excluding carboxylic acids is 1. The smallest absolute Gasteiger partial charge is 0.229 e. The largest absolute Gasteiger partial charge is 0.323 e. The molecule has 1 aromatic heterocycles. The number of hydrogen-bond acceptors (Lipinski definition) is 4. The summed E-state index contributed by atoms with van der Waals surface area (Å²) >= 11 is 7.72. The van der Waals surface area contributed by atoms with Gasteiger partial charge in [-0.1, -0.05) is 18.5 Å². The molecule has 2 heterocycles. The Morgan fingerprint density at radius 2 is 2.37 bits per heavy atom. The number of nitrogens with one attached hydrogen (secondary N) is 2. The molecule has 1 saturated heterocycles. The van der Waals surface area contributed by atoms with Gasteiger partial charge in [0.25, 0.3) is 0 Å². The molecule has 0 radical (unpaired) electrons. The van der Waals surface area contributed by atoms with E-state index in [2.05, 4.69) is 22.5 Å². The maximum absolute atomic E-state index is 12.3. The number of hydrogen-bond donors (Lipinski definition) is 2. The van der Waals surface area contributed by atoms with Crippen LogP contribution in [0, 0.1) is 11.8 Å². The standard InChI is InChI=1S/C13H14ClN3OS/c1-7-4-15-5-8(7)13(18)17-11-9(14)2-3-10-12(11)16-6-19-10/h2-3,6-8,15H,4-5H2,1H3,(H,17,18)/t7-,8-/m1/s1. The van der Waals surface area contributed by atoms with Crippen molar-refractivity contribution in [3.8, 4) is 0 Å². The van der Waals surface area contributed by atoms with Crippen LogP contribution in [0.5, 0.6) is 0 Å². The van der Waals surface area contributed by atoms with Crippen molar-refractivity contribution in [3.05, 3.63) is 22.7 Å². The van der Waals surface area contributed by atoms with E-state index in [-0.39, 0.29) is 11.8 Å². The molecule has 1 aliphatic heterocycles. The second kappa shape index (κ2) is 5.07. The first-order chi connectivity index (χ1) is 9.16. The van der Waals surface area contributed by atoms with E-state index in [1.54, 1.807) is 11.6 Å². The van der Waals surface area contributed by atoms with Gasteiger partial charge in [0.2, 0.25) is 5.91 Å². The van der Waals surface area contributed by atoms with Gasteiger partial charge in [0.15, 0.2) is 0 Å². The van der Waals surface area contributed by atoms with E-state index in [0.29, 0.717) is 16.6 Å². The van der Waals surface area contributed by atoms with Crippen molar-refractivity contribution in [2.24, 2.45) is 11.8 Å². The highest BCUT2D eigenvalue weighted by molar-refractivity contribution is 7.16. The van der Waals surface area contributed by atoms with Crippen LogP contribution in [-0.4, -0.2) is 24.0 Å². The number of carbonyl (C=O) groups is 1. The van der Waals surface area contributed by atoms with E-state index in [1.165, 1.54) is 11.3 Å². The molecule has 0 unspecified atom stereocenters. The van der Waals surface area contributed by atoms with Crippen molar-refractivity contribution >= 4 is 44.7 Å². The van der Waals surface area contributed by atoms with Crippen LogP contribution in [-0.2, 0) is 4.79 Å². The average molecular weight is 296 g/mol. The van der Waals surface area contributed by atoms with E-state index < -0.39 is 0 Å². The van der Waals surface area contributed by atoms with E-state index in [0.717, 1.165) is 23.3 Å². The van der Waals surface area contributed by atoms with E-state index >= 15 is 0 Å². The van der Waals surface area contributed by atoms with E-state index in [9.17, 15) is 4.79 Å². The van der Waals surface area contributed by atoms with Crippen LogP contribution in [0.4, 0.5) is 5.69 Å². The Labute approximate surface area is 120 Å². The molecule has 0 saturated carbocycles. The normalized spacial score (nSPS) is 22.8. The third-order valence-electron chi connectivity index (χ3n) is 3.55. The Hall–Kier alpha value is -1.17. The highest BCUT2D eigenvalue weighted by atomic mass is 35.5. The summed E-state index contributed by atoms with van der Waals surface area (Å²) in [7, 11) is 0. The van der Waals surface area contributed by atoms with Crippen LogP contribution in [0.25, 0.3) is 10.2 Å². The van der Waals surface area contributed by atoms with Gasteiger partial charge in [-0.15, -0.1) is 11.3 Å². The number of amides is 1. The van der Waals surface area contributed by atoms with Gasteiger partial charge in [0.05, 0.1) is 26.8 Å². The van der Waals surface area contributed by atoms with Crippen LogP contribution in [0.1, 0.15) is 6.92 Å². The molecular formula is C13H14ClN3OS. The monoisotopic (exact) mass is 295 g/mol. The second-order valence-electron chi connectivity index (χ2n) is 4.85. The van der Waals surface area contributed by atoms with Crippen LogP contribution in [0.3, 0.4) is 0 Å². The third kappa shape index (κ3) is 2.33. The minimum absolute atomic E-state index is 0.00930. The average Bonchev–Trinajstić information content (AvgIpc) is 3.01. The lowest BCUT2D eigenvalue weighted by Gasteiger charge is -2.15. The van der Waals surface area contributed by atoms with Gasteiger partial charge < -0.3 is 10.6 Å². The molecule has 6 heteroatoms. The molecule has 4 nitrogen and oxygen atoms in total. The first-order valence-electron chi connectivity index (χ1n) is 6.20. The second-order valence-corrected chi connectivity index (χ2v) is 6.15. The number of nitrogens with zero attached hydrogens (tertiary/aromatic N) is 1. The van der Waals surface area contributed by atoms with Gasteiger partial charge in [0.1, 0.15) is 5.52 Å². The summed E-state index contributed by atoms with van der Waals surface area (Å²) < 4.78 is 1.03. The quantitative estimate of drug-likeness (QED) is 0.896. The fraction of sp³-hybridized carbons (Fsp3) is 0.385. The fourth-order valence-electron chi connectivity index (χ4n) is 2.40. The number of anilines is 1. The first kappa shape index (κ1) is 12.8. The summed E-state index contributed by atoms with van der Waals surface area (Å²) in [6, 6.07) is 3.72. The first-order valence-corrected chi connectivity index (χ1v) is 7.46. The van der Waals surface area contributed by atoms with Crippen molar-refractivity contribution < 1.29 is 4.79 Å². The Kier molecular flexibility index (Phi) is 3.43. The van der Waals surface area contributed by atoms with E-state index in [1.807, 2.05) is 6.07 Å². The highest BCUT2D eigenvalue weighted by Gasteiger charge is 2.30. The van der Waals surface area contributed by atoms with Crippen LogP contribution < -0.4 is 10.6 Å². The molecule has 1 aliphatic rings. The van der Waals surface area contributed by atoms with E-state index in [4.69, 9.17) is 11.6 Å². The number of fused-ring (bicyclic) bond motifs is 1. The predicted molar refractivity (Wildman–Crippen MR) is 78.8 cm³/mol. The Morgan fingerprint density at radius 3 is 3.11 bits per heavy atom. The number of benzene rings is 1. The minimum atomic E-state index is -0.00930. The summed E-state index contributed by atoms with van der Waals surface area (Å²) in [5, 5.41) is 6.71. The molecule has 0 spiro atoms. The zero-order chi connectivity index (χ0) is 13.4. The molecule has 2 atom stereocenters. The number of thiazole rings is 1. The number of rotatable bonds is 2. The summed E-state index contributed by atoms with van der Waals surface area (Å²) in [6.07, 6.45) is 0. The van der Waals surface area contributed by atoms with Crippen molar-refractivity contribution in [1.82, 2.24) is 10.3 Å². The topological polar surface area (TPSA) is 54.0 Å². The predicted octanol–water partition coefficient (Wildman–Crippen LogP) is 2.74. The molecular weight excluding hydrogens is 282 g/mol. The van der Waals surface area contributed by atoms with Gasteiger partial charge in [-0.3, -0.25) is 4.79 Å². The lowest BCUT2D eigenvalue weighted by atomic mass is 9.97. The zero-order valence-corrected chi connectivity index (χ0v) is 12.0. The molecule has 3 rings (SSSR count). The van der Waals surface area contributed by atoms with Gasteiger partial charge in [0, 0.05) is 6.54 Å². The van der Waals surface area contributed by atoms with Crippen LogP contribution in [0.2, 0.25) is 5.02 Å². The molecule has 0 bridgehead atoms. The number of aromatic nitrogens is 1. The van der Waals surface area contributed by atoms with Crippen molar-refractivity contribution in [2.75, 3.05) is 18.4 Å². The molecule has 1 aromatic carbocycles. The SMILES string of the molecule is C[C@@H]1CNC[C@H]1C(=O)Nc1c(Cl)ccc2scnc12. The Bertz CT molecular complexity index is 627. The van der Waals surface area contributed by atoms with Crippen molar-refractivity contribution in [1.29, 1.82) is 0 Å². The summed E-state index contributed by atoms with van der Waals surface area (Å²) in [4.78, 5) is 16.6.